The van der Waals surface area contributed by atoms with Crippen LogP contribution in [-0.2, 0) is 9.57 Å². The number of hydrogen-bond donors (Lipinski definition) is 0. The lowest BCUT2D eigenvalue weighted by Gasteiger charge is -2.28. The Balaban J connectivity index is 2.14. The van der Waals surface area contributed by atoms with Crippen molar-refractivity contribution in [2.75, 3.05) is 32.8 Å². The topological polar surface area (TPSA) is 34.1 Å². The SMILES string of the molecule is CC(C)/C=N/OC(C)CN1CCOCC1. The van der Waals surface area contributed by atoms with Crippen molar-refractivity contribution in [1.29, 1.82) is 0 Å². The molecule has 0 bridgehead atoms. The van der Waals surface area contributed by atoms with Gasteiger partial charge in [0, 0.05) is 25.8 Å². The van der Waals surface area contributed by atoms with Crippen LogP contribution in [0.4, 0.5) is 0 Å². The molecule has 1 unspecified atom stereocenters. The maximum atomic E-state index is 5.34. The second-order valence-corrected chi connectivity index (χ2v) is 4.33. The smallest absolute Gasteiger partial charge is 0.137 e. The van der Waals surface area contributed by atoms with Gasteiger partial charge in [-0.1, -0.05) is 19.0 Å². The fraction of sp³-hybridized carbons (Fsp3) is 0.909. The summed E-state index contributed by atoms with van der Waals surface area (Å²) in [6.45, 7) is 10.8. The molecule has 88 valence electrons. The van der Waals surface area contributed by atoms with E-state index in [2.05, 4.69) is 23.9 Å². The number of hydrogen-bond acceptors (Lipinski definition) is 4. The molecule has 1 aliphatic heterocycles. The van der Waals surface area contributed by atoms with Gasteiger partial charge in [0.05, 0.1) is 13.2 Å². The van der Waals surface area contributed by atoms with E-state index in [1.54, 1.807) is 0 Å². The lowest BCUT2D eigenvalue weighted by atomic mass is 10.3. The van der Waals surface area contributed by atoms with E-state index in [0.717, 1.165) is 32.8 Å². The van der Waals surface area contributed by atoms with Gasteiger partial charge in [0.15, 0.2) is 0 Å². The van der Waals surface area contributed by atoms with Gasteiger partial charge < -0.3 is 9.57 Å². The van der Waals surface area contributed by atoms with Crippen molar-refractivity contribution in [2.24, 2.45) is 11.1 Å². The molecule has 1 heterocycles. The van der Waals surface area contributed by atoms with Crippen LogP contribution in [0.5, 0.6) is 0 Å². The minimum atomic E-state index is 0.151. The standard InChI is InChI=1S/C11H22N2O2/c1-10(2)8-12-15-11(3)9-13-4-6-14-7-5-13/h8,10-11H,4-7,9H2,1-3H3/b12-8+. The quantitative estimate of drug-likeness (QED) is 0.512. The molecule has 1 aliphatic rings. The summed E-state index contributed by atoms with van der Waals surface area (Å²) in [6.07, 6.45) is 1.98. The van der Waals surface area contributed by atoms with Gasteiger partial charge in [0.25, 0.3) is 0 Å². The van der Waals surface area contributed by atoms with Gasteiger partial charge in [0.2, 0.25) is 0 Å². The number of nitrogens with zero attached hydrogens (tertiary/aromatic N) is 2. The van der Waals surface area contributed by atoms with Crippen molar-refractivity contribution in [1.82, 2.24) is 4.90 Å². The Kier molecular flexibility index (Phi) is 5.65. The largest absolute Gasteiger partial charge is 0.392 e. The molecule has 0 amide bonds. The lowest BCUT2D eigenvalue weighted by molar-refractivity contribution is -0.00401. The highest BCUT2D eigenvalue weighted by Crippen LogP contribution is 2.01. The first-order valence-electron chi connectivity index (χ1n) is 5.68. The first kappa shape index (κ1) is 12.5. The third-order valence-corrected chi connectivity index (χ3v) is 2.22. The highest BCUT2D eigenvalue weighted by molar-refractivity contribution is 5.58. The van der Waals surface area contributed by atoms with E-state index < -0.39 is 0 Å². The Morgan fingerprint density at radius 1 is 1.33 bits per heavy atom. The van der Waals surface area contributed by atoms with Gasteiger partial charge in [-0.05, 0) is 12.8 Å². The van der Waals surface area contributed by atoms with Crippen molar-refractivity contribution in [2.45, 2.75) is 26.9 Å². The molecule has 1 fully saturated rings. The third kappa shape index (κ3) is 5.74. The predicted molar refractivity (Wildman–Crippen MR) is 61.1 cm³/mol. The van der Waals surface area contributed by atoms with E-state index in [0.29, 0.717) is 5.92 Å². The second kappa shape index (κ2) is 6.80. The molecule has 0 saturated carbocycles. The highest BCUT2D eigenvalue weighted by Gasteiger charge is 2.13. The Bertz CT molecular complexity index is 189. The van der Waals surface area contributed by atoms with Gasteiger partial charge >= 0.3 is 0 Å². The van der Waals surface area contributed by atoms with Crippen LogP contribution in [0.15, 0.2) is 5.16 Å². The van der Waals surface area contributed by atoms with Crippen LogP contribution < -0.4 is 0 Å². The van der Waals surface area contributed by atoms with Crippen LogP contribution in [0.2, 0.25) is 0 Å². The summed E-state index contributed by atoms with van der Waals surface area (Å²) in [7, 11) is 0. The van der Waals surface area contributed by atoms with Crippen molar-refractivity contribution in [3.63, 3.8) is 0 Å². The zero-order valence-electron chi connectivity index (χ0n) is 9.98. The molecule has 0 N–H and O–H groups in total. The number of ether oxygens (including phenoxy) is 1. The highest BCUT2D eigenvalue weighted by atomic mass is 16.6. The second-order valence-electron chi connectivity index (χ2n) is 4.33. The van der Waals surface area contributed by atoms with Crippen molar-refractivity contribution in [3.8, 4) is 0 Å². The van der Waals surface area contributed by atoms with Gasteiger partial charge in [0.1, 0.15) is 6.10 Å². The average Bonchev–Trinajstić information content (AvgIpc) is 2.18. The summed E-state index contributed by atoms with van der Waals surface area (Å²) in [6, 6.07) is 0. The zero-order valence-corrected chi connectivity index (χ0v) is 9.98. The minimum Gasteiger partial charge on any atom is -0.392 e. The fourth-order valence-corrected chi connectivity index (χ4v) is 1.44. The predicted octanol–water partition coefficient (Wildman–Crippen LogP) is 1.37. The summed E-state index contributed by atoms with van der Waals surface area (Å²) in [5.41, 5.74) is 0. The molecular weight excluding hydrogens is 192 g/mol. The maximum Gasteiger partial charge on any atom is 0.137 e. The van der Waals surface area contributed by atoms with Gasteiger partial charge in [-0.15, -0.1) is 0 Å². The molecule has 0 radical (unpaired) electrons. The molecule has 0 aromatic carbocycles. The minimum absolute atomic E-state index is 0.151. The molecule has 1 rings (SSSR count). The Hall–Kier alpha value is -0.610. The maximum absolute atomic E-state index is 5.34. The van der Waals surface area contributed by atoms with E-state index >= 15 is 0 Å². The summed E-state index contributed by atoms with van der Waals surface area (Å²) in [5.74, 6) is 0.445. The summed E-state index contributed by atoms with van der Waals surface area (Å²) < 4.78 is 5.28. The number of morpholine rings is 1. The molecule has 1 atom stereocenters. The van der Waals surface area contributed by atoms with Crippen LogP contribution in [0.1, 0.15) is 20.8 Å². The Labute approximate surface area is 92.2 Å². The molecule has 4 nitrogen and oxygen atoms in total. The molecular formula is C11H22N2O2. The van der Waals surface area contributed by atoms with E-state index in [9.17, 15) is 0 Å². The zero-order chi connectivity index (χ0) is 11.1. The molecule has 0 spiro atoms. The van der Waals surface area contributed by atoms with Crippen LogP contribution in [0.3, 0.4) is 0 Å². The summed E-state index contributed by atoms with van der Waals surface area (Å²) in [5, 5.41) is 3.95. The van der Waals surface area contributed by atoms with Crippen LogP contribution >= 0.6 is 0 Å². The van der Waals surface area contributed by atoms with Crippen molar-refractivity contribution >= 4 is 6.21 Å². The molecule has 0 aromatic rings. The van der Waals surface area contributed by atoms with Crippen LogP contribution in [0.25, 0.3) is 0 Å². The molecule has 4 heteroatoms. The first-order chi connectivity index (χ1) is 7.18. The fourth-order valence-electron chi connectivity index (χ4n) is 1.44. The lowest BCUT2D eigenvalue weighted by Crippen LogP contribution is -2.40. The van der Waals surface area contributed by atoms with Crippen LogP contribution in [0, 0.1) is 5.92 Å². The van der Waals surface area contributed by atoms with Gasteiger partial charge in [-0.2, -0.15) is 0 Å². The molecule has 15 heavy (non-hydrogen) atoms. The Morgan fingerprint density at radius 3 is 2.60 bits per heavy atom. The molecule has 0 aliphatic carbocycles. The van der Waals surface area contributed by atoms with E-state index in [1.165, 1.54) is 0 Å². The number of rotatable bonds is 5. The van der Waals surface area contributed by atoms with Crippen molar-refractivity contribution in [3.05, 3.63) is 0 Å². The summed E-state index contributed by atoms with van der Waals surface area (Å²) >= 11 is 0. The van der Waals surface area contributed by atoms with Crippen LogP contribution in [-0.4, -0.2) is 50.1 Å². The van der Waals surface area contributed by atoms with Gasteiger partial charge in [-0.25, -0.2) is 0 Å². The monoisotopic (exact) mass is 214 g/mol. The normalized spacial score (nSPS) is 21.1. The molecule has 0 aromatic heterocycles. The molecule has 1 saturated heterocycles. The average molecular weight is 214 g/mol. The summed E-state index contributed by atoms with van der Waals surface area (Å²) in [4.78, 5) is 7.69. The van der Waals surface area contributed by atoms with Crippen molar-refractivity contribution < 1.29 is 9.57 Å². The van der Waals surface area contributed by atoms with E-state index in [-0.39, 0.29) is 6.10 Å². The third-order valence-electron chi connectivity index (χ3n) is 2.22. The van der Waals surface area contributed by atoms with E-state index in [4.69, 9.17) is 9.57 Å². The Morgan fingerprint density at radius 2 is 2.00 bits per heavy atom. The van der Waals surface area contributed by atoms with E-state index in [1.807, 2.05) is 13.1 Å². The number of oxime groups is 1. The van der Waals surface area contributed by atoms with Gasteiger partial charge in [-0.3, -0.25) is 4.90 Å². The first-order valence-corrected chi connectivity index (χ1v) is 5.68.